The van der Waals surface area contributed by atoms with Gasteiger partial charge in [-0.05, 0) is 6.42 Å². The van der Waals surface area contributed by atoms with E-state index in [0.29, 0.717) is 24.0 Å². The zero-order chi connectivity index (χ0) is 11.8. The number of carbonyl (C=O) groups excluding carboxylic acids is 2. The van der Waals surface area contributed by atoms with E-state index in [1.165, 1.54) is 0 Å². The number of fused-ring (bicyclic) bond motifs is 1. The lowest BCUT2D eigenvalue weighted by Gasteiger charge is -2.30. The first-order valence-corrected chi connectivity index (χ1v) is 5.48. The lowest BCUT2D eigenvalue weighted by molar-refractivity contribution is 0.0198. The van der Waals surface area contributed by atoms with Crippen LogP contribution in [-0.4, -0.2) is 22.3 Å². The predicted octanol–water partition coefficient (Wildman–Crippen LogP) is 1.99. The number of hydrogen-bond acceptors (Lipinski definition) is 3. The summed E-state index contributed by atoms with van der Waals surface area (Å²) in [6.45, 7) is 1.89. The highest BCUT2D eigenvalue weighted by Gasteiger charge is 2.43. The van der Waals surface area contributed by atoms with E-state index in [1.54, 1.807) is 24.3 Å². The van der Waals surface area contributed by atoms with Crippen molar-refractivity contribution in [2.24, 2.45) is 0 Å². The van der Waals surface area contributed by atoms with Crippen molar-refractivity contribution in [3.8, 4) is 0 Å². The van der Waals surface area contributed by atoms with Crippen molar-refractivity contribution in [1.29, 1.82) is 0 Å². The van der Waals surface area contributed by atoms with Crippen LogP contribution in [0.25, 0.3) is 0 Å². The van der Waals surface area contributed by atoms with Crippen molar-refractivity contribution in [3.63, 3.8) is 0 Å². The highest BCUT2D eigenvalue weighted by Crippen LogP contribution is 2.31. The van der Waals surface area contributed by atoms with Crippen LogP contribution in [0.2, 0.25) is 0 Å². The number of aliphatic hydroxyl groups is 1. The van der Waals surface area contributed by atoms with Crippen molar-refractivity contribution in [3.05, 3.63) is 35.4 Å². The van der Waals surface area contributed by atoms with Gasteiger partial charge in [-0.25, -0.2) is 0 Å². The molecule has 0 saturated heterocycles. The highest BCUT2D eigenvalue weighted by molar-refractivity contribution is 6.17. The van der Waals surface area contributed by atoms with Crippen LogP contribution in [0.4, 0.5) is 0 Å². The second kappa shape index (κ2) is 3.83. The molecule has 0 radical (unpaired) electrons. The molecule has 3 heteroatoms. The van der Waals surface area contributed by atoms with Gasteiger partial charge in [0.2, 0.25) is 0 Å². The Morgan fingerprint density at radius 3 is 2.50 bits per heavy atom. The topological polar surface area (TPSA) is 54.4 Å². The molecule has 0 bridgehead atoms. The molecule has 16 heavy (non-hydrogen) atoms. The molecule has 0 amide bonds. The van der Waals surface area contributed by atoms with Gasteiger partial charge in [0.05, 0.1) is 0 Å². The fourth-order valence-corrected chi connectivity index (χ4v) is 2.23. The molecule has 0 heterocycles. The molecular formula is C13H14O3. The number of hydrogen-bond donors (Lipinski definition) is 1. The van der Waals surface area contributed by atoms with E-state index in [0.717, 1.165) is 0 Å². The molecule has 0 aliphatic heterocycles. The zero-order valence-electron chi connectivity index (χ0n) is 9.19. The summed E-state index contributed by atoms with van der Waals surface area (Å²) in [5.41, 5.74) is -0.692. The van der Waals surface area contributed by atoms with E-state index >= 15 is 0 Å². The predicted molar refractivity (Wildman–Crippen MR) is 59.6 cm³/mol. The third-order valence-electron chi connectivity index (χ3n) is 3.01. The van der Waals surface area contributed by atoms with Crippen molar-refractivity contribution >= 4 is 11.6 Å². The maximum atomic E-state index is 12.1. The first kappa shape index (κ1) is 11.0. The Hall–Kier alpha value is -1.48. The molecule has 1 aliphatic carbocycles. The molecule has 2 rings (SSSR count). The number of Topliss-reactive ketones (excluding diaryl/α,β-unsaturated/α-hetero) is 2. The molecule has 0 fully saturated rings. The van der Waals surface area contributed by atoms with Crippen LogP contribution in [-0.2, 0) is 0 Å². The van der Waals surface area contributed by atoms with Gasteiger partial charge in [-0.15, -0.1) is 0 Å². The van der Waals surface area contributed by atoms with Gasteiger partial charge in [0.25, 0.3) is 0 Å². The summed E-state index contributed by atoms with van der Waals surface area (Å²) in [4.78, 5) is 23.9. The molecule has 0 saturated carbocycles. The second-order valence-electron chi connectivity index (χ2n) is 4.26. The minimum atomic E-state index is -1.49. The van der Waals surface area contributed by atoms with E-state index in [1.807, 2.05) is 6.92 Å². The first-order valence-electron chi connectivity index (χ1n) is 5.48. The fourth-order valence-electron chi connectivity index (χ4n) is 2.23. The summed E-state index contributed by atoms with van der Waals surface area (Å²) in [5.74, 6) is -0.462. The second-order valence-corrected chi connectivity index (χ2v) is 4.26. The minimum absolute atomic E-state index is 0.0866. The Bertz CT molecular complexity index is 450. The molecule has 1 N–H and O–H groups in total. The SMILES string of the molecule is CCCC1(O)CC(=O)c2ccccc2C1=O. The largest absolute Gasteiger partial charge is 0.381 e. The third-order valence-corrected chi connectivity index (χ3v) is 3.01. The molecule has 0 aromatic heterocycles. The highest BCUT2D eigenvalue weighted by atomic mass is 16.3. The summed E-state index contributed by atoms with van der Waals surface area (Å²) in [6, 6.07) is 6.69. The van der Waals surface area contributed by atoms with Crippen LogP contribution in [0.5, 0.6) is 0 Å². The number of rotatable bonds is 2. The molecule has 1 atom stereocenters. The Kier molecular flexibility index (Phi) is 2.64. The van der Waals surface area contributed by atoms with Crippen LogP contribution in [0.1, 0.15) is 46.9 Å². The van der Waals surface area contributed by atoms with Gasteiger partial charge in [0.15, 0.2) is 11.6 Å². The van der Waals surface area contributed by atoms with Gasteiger partial charge in [0.1, 0.15) is 5.60 Å². The average Bonchev–Trinajstić information content (AvgIpc) is 2.27. The van der Waals surface area contributed by atoms with Crippen LogP contribution in [0.15, 0.2) is 24.3 Å². The lowest BCUT2D eigenvalue weighted by Crippen LogP contribution is -2.44. The number of carbonyl (C=O) groups is 2. The van der Waals surface area contributed by atoms with Crippen LogP contribution in [0.3, 0.4) is 0 Å². The summed E-state index contributed by atoms with van der Waals surface area (Å²) in [6.07, 6.45) is 0.931. The normalized spacial score (nSPS) is 24.4. The lowest BCUT2D eigenvalue weighted by atomic mass is 9.76. The van der Waals surface area contributed by atoms with Gasteiger partial charge in [0, 0.05) is 17.5 Å². The Morgan fingerprint density at radius 2 is 1.88 bits per heavy atom. The van der Waals surface area contributed by atoms with Crippen LogP contribution < -0.4 is 0 Å². The zero-order valence-corrected chi connectivity index (χ0v) is 9.19. The van der Waals surface area contributed by atoms with Crippen LogP contribution in [0, 0.1) is 0 Å². The summed E-state index contributed by atoms with van der Waals surface area (Å²) in [5, 5.41) is 10.2. The quantitative estimate of drug-likeness (QED) is 0.825. The van der Waals surface area contributed by atoms with Crippen molar-refractivity contribution in [2.75, 3.05) is 0 Å². The Morgan fingerprint density at radius 1 is 1.25 bits per heavy atom. The molecule has 84 valence electrons. The molecular weight excluding hydrogens is 204 g/mol. The van der Waals surface area contributed by atoms with Gasteiger partial charge < -0.3 is 5.11 Å². The molecule has 1 aliphatic rings. The third kappa shape index (κ3) is 1.57. The van der Waals surface area contributed by atoms with E-state index in [9.17, 15) is 14.7 Å². The van der Waals surface area contributed by atoms with E-state index in [-0.39, 0.29) is 18.0 Å². The summed E-state index contributed by atoms with van der Waals surface area (Å²) >= 11 is 0. The minimum Gasteiger partial charge on any atom is -0.381 e. The standard InChI is InChI=1S/C13H14O3/c1-2-7-13(16)8-11(14)9-5-3-4-6-10(9)12(13)15/h3-6,16H,2,7-8H2,1H3. The van der Waals surface area contributed by atoms with Gasteiger partial charge in [-0.1, -0.05) is 37.6 Å². The molecule has 0 spiro atoms. The molecule has 3 nitrogen and oxygen atoms in total. The van der Waals surface area contributed by atoms with Crippen LogP contribution >= 0.6 is 0 Å². The van der Waals surface area contributed by atoms with E-state index < -0.39 is 5.60 Å². The maximum absolute atomic E-state index is 12.1. The monoisotopic (exact) mass is 218 g/mol. The maximum Gasteiger partial charge on any atom is 0.195 e. The Balaban J connectivity index is 2.50. The summed E-state index contributed by atoms with van der Waals surface area (Å²) < 4.78 is 0. The van der Waals surface area contributed by atoms with E-state index in [4.69, 9.17) is 0 Å². The smallest absolute Gasteiger partial charge is 0.195 e. The van der Waals surface area contributed by atoms with E-state index in [2.05, 4.69) is 0 Å². The fraction of sp³-hybridized carbons (Fsp3) is 0.385. The summed E-state index contributed by atoms with van der Waals surface area (Å²) in [7, 11) is 0. The van der Waals surface area contributed by atoms with Gasteiger partial charge >= 0.3 is 0 Å². The van der Waals surface area contributed by atoms with Crippen molar-refractivity contribution in [1.82, 2.24) is 0 Å². The Labute approximate surface area is 94.1 Å². The van der Waals surface area contributed by atoms with Gasteiger partial charge in [-0.3, -0.25) is 9.59 Å². The van der Waals surface area contributed by atoms with Crippen molar-refractivity contribution in [2.45, 2.75) is 31.8 Å². The van der Waals surface area contributed by atoms with Crippen molar-refractivity contribution < 1.29 is 14.7 Å². The first-order chi connectivity index (χ1) is 7.58. The average molecular weight is 218 g/mol. The molecule has 1 aromatic rings. The number of benzene rings is 1. The van der Waals surface area contributed by atoms with Gasteiger partial charge in [-0.2, -0.15) is 0 Å². The molecule has 1 aromatic carbocycles. The number of ketones is 2. The molecule has 1 unspecified atom stereocenters.